The minimum atomic E-state index is -1.13. The normalized spacial score (nSPS) is 29.7. The molecule has 4 unspecified atom stereocenters. The molecule has 8 nitrogen and oxygen atoms in total. The maximum Gasteiger partial charge on any atom is 0.164 e. The topological polar surface area (TPSA) is 105 Å². The van der Waals surface area contributed by atoms with Crippen LogP contribution in [0.2, 0.25) is 0 Å². The molecule has 4 rings (SSSR count). The van der Waals surface area contributed by atoms with Crippen LogP contribution in [0.25, 0.3) is 16.7 Å². The Morgan fingerprint density at radius 2 is 2.00 bits per heavy atom. The highest BCUT2D eigenvalue weighted by atomic mass is 16.6. The van der Waals surface area contributed by atoms with Crippen LogP contribution in [0.1, 0.15) is 6.23 Å². The Hall–Kier alpha value is -2.00. The molecule has 21 heavy (non-hydrogen) atoms. The van der Waals surface area contributed by atoms with Gasteiger partial charge in [-0.1, -0.05) is 0 Å². The summed E-state index contributed by atoms with van der Waals surface area (Å²) in [5.41, 5.74) is 1.36. The predicted molar refractivity (Wildman–Crippen MR) is 71.5 cm³/mol. The van der Waals surface area contributed by atoms with Gasteiger partial charge in [0.15, 0.2) is 6.23 Å². The summed E-state index contributed by atoms with van der Waals surface area (Å²) in [4.78, 5) is 8.62. The van der Waals surface area contributed by atoms with Crippen molar-refractivity contribution in [3.63, 3.8) is 0 Å². The number of ether oxygens (including phenoxy) is 1. The summed E-state index contributed by atoms with van der Waals surface area (Å²) >= 11 is 0. The summed E-state index contributed by atoms with van der Waals surface area (Å²) in [5.74, 6) is 0. The van der Waals surface area contributed by atoms with Gasteiger partial charge in [-0.05, 0) is 6.07 Å². The molecule has 3 aromatic heterocycles. The predicted octanol–water partition coefficient (Wildman–Crippen LogP) is -0.705. The molecule has 0 aromatic carbocycles. The quantitative estimate of drug-likeness (QED) is 0.576. The number of imidazole rings is 1. The Kier molecular flexibility index (Phi) is 2.73. The summed E-state index contributed by atoms with van der Waals surface area (Å²) in [6.07, 6.45) is 2.97. The van der Waals surface area contributed by atoms with E-state index in [-0.39, 0.29) is 6.61 Å². The Morgan fingerprint density at radius 3 is 2.76 bits per heavy atom. The van der Waals surface area contributed by atoms with Gasteiger partial charge in [0.25, 0.3) is 0 Å². The Balaban J connectivity index is 1.84. The lowest BCUT2D eigenvalue weighted by molar-refractivity contribution is -0.0508. The van der Waals surface area contributed by atoms with Gasteiger partial charge in [0.05, 0.1) is 12.0 Å². The molecule has 1 aliphatic heterocycles. The van der Waals surface area contributed by atoms with Crippen molar-refractivity contribution in [2.24, 2.45) is 0 Å². The van der Waals surface area contributed by atoms with Crippen molar-refractivity contribution in [1.29, 1.82) is 0 Å². The second kappa shape index (κ2) is 4.50. The molecule has 1 aliphatic rings. The van der Waals surface area contributed by atoms with Gasteiger partial charge in [0, 0.05) is 18.6 Å². The van der Waals surface area contributed by atoms with E-state index in [1.54, 1.807) is 33.9 Å². The van der Waals surface area contributed by atoms with Gasteiger partial charge < -0.3 is 24.6 Å². The lowest BCUT2D eigenvalue weighted by atomic mass is 10.1. The molecule has 4 atom stereocenters. The number of nitrogens with zero attached hydrogens (tertiary/aromatic N) is 4. The largest absolute Gasteiger partial charge is 0.394 e. The number of aliphatic hydroxyl groups excluding tert-OH is 3. The van der Waals surface area contributed by atoms with E-state index in [9.17, 15) is 10.2 Å². The fourth-order valence-electron chi connectivity index (χ4n) is 2.80. The first-order chi connectivity index (χ1) is 10.2. The minimum absolute atomic E-state index is 0.355. The molecule has 0 amide bonds. The molecule has 3 aromatic rings. The number of hydrogen-bond donors (Lipinski definition) is 3. The number of fused-ring (bicyclic) bond motifs is 3. The molecule has 0 bridgehead atoms. The average molecular weight is 290 g/mol. The van der Waals surface area contributed by atoms with E-state index in [0.29, 0.717) is 5.65 Å². The molecule has 3 N–H and O–H groups in total. The molecule has 0 saturated carbocycles. The zero-order chi connectivity index (χ0) is 14.6. The van der Waals surface area contributed by atoms with E-state index in [4.69, 9.17) is 9.84 Å². The SMILES string of the molecule is OCC1OC(n2ccc3c2ncn2ccnc32)C(O)C1O. The zero-order valence-corrected chi connectivity index (χ0v) is 10.9. The van der Waals surface area contributed by atoms with E-state index in [0.717, 1.165) is 11.0 Å². The lowest BCUT2D eigenvalue weighted by Gasteiger charge is -2.17. The second-order valence-electron chi connectivity index (χ2n) is 5.09. The standard InChI is InChI=1S/C13H14N4O4/c18-5-8-9(19)10(20)13(21-8)17-3-1-7-11-14-2-4-16(11)6-15-12(7)17/h1-4,6,8-10,13,18-20H,5H2. The first kappa shape index (κ1) is 12.7. The van der Waals surface area contributed by atoms with Crippen LogP contribution in [0.3, 0.4) is 0 Å². The molecule has 1 saturated heterocycles. The molecule has 1 fully saturated rings. The molecule has 4 heterocycles. The van der Waals surface area contributed by atoms with Crippen LogP contribution in [0.15, 0.2) is 31.0 Å². The second-order valence-corrected chi connectivity index (χ2v) is 5.09. The summed E-state index contributed by atoms with van der Waals surface area (Å²) in [6.45, 7) is -0.355. The van der Waals surface area contributed by atoms with Gasteiger partial charge in [0.1, 0.15) is 35.9 Å². The van der Waals surface area contributed by atoms with Crippen LogP contribution in [-0.4, -0.2) is 59.2 Å². The Labute approximate surface area is 118 Å². The average Bonchev–Trinajstić information content (AvgIpc) is 3.17. The molecule has 0 spiro atoms. The highest BCUT2D eigenvalue weighted by molar-refractivity contribution is 5.89. The van der Waals surface area contributed by atoms with Crippen LogP contribution in [0.5, 0.6) is 0 Å². The molecule has 0 aliphatic carbocycles. The fourth-order valence-corrected chi connectivity index (χ4v) is 2.80. The number of rotatable bonds is 2. The van der Waals surface area contributed by atoms with Crippen LogP contribution in [0.4, 0.5) is 0 Å². The van der Waals surface area contributed by atoms with Crippen LogP contribution in [-0.2, 0) is 4.74 Å². The van der Waals surface area contributed by atoms with E-state index < -0.39 is 24.5 Å². The number of aromatic nitrogens is 4. The van der Waals surface area contributed by atoms with Crippen molar-refractivity contribution < 1.29 is 20.1 Å². The van der Waals surface area contributed by atoms with Gasteiger partial charge in [-0.15, -0.1) is 0 Å². The number of hydrogen-bond acceptors (Lipinski definition) is 6. The first-order valence-electron chi connectivity index (χ1n) is 6.61. The fraction of sp³-hybridized carbons (Fsp3) is 0.385. The summed E-state index contributed by atoms with van der Waals surface area (Å²) in [6, 6.07) is 1.83. The summed E-state index contributed by atoms with van der Waals surface area (Å²) < 4.78 is 8.97. The van der Waals surface area contributed by atoms with Crippen molar-refractivity contribution in [3.8, 4) is 0 Å². The van der Waals surface area contributed by atoms with E-state index >= 15 is 0 Å². The van der Waals surface area contributed by atoms with Gasteiger partial charge in [-0.25, -0.2) is 9.97 Å². The van der Waals surface area contributed by atoms with Crippen LogP contribution < -0.4 is 0 Å². The van der Waals surface area contributed by atoms with Gasteiger partial charge >= 0.3 is 0 Å². The zero-order valence-electron chi connectivity index (χ0n) is 10.9. The molecule has 0 radical (unpaired) electrons. The molecular formula is C13H14N4O4. The third-order valence-electron chi connectivity index (χ3n) is 3.89. The third kappa shape index (κ3) is 1.70. The van der Waals surface area contributed by atoms with E-state index in [2.05, 4.69) is 9.97 Å². The summed E-state index contributed by atoms with van der Waals surface area (Å²) in [7, 11) is 0. The van der Waals surface area contributed by atoms with E-state index in [1.165, 1.54) is 0 Å². The molecular weight excluding hydrogens is 276 g/mol. The maximum atomic E-state index is 10.1. The minimum Gasteiger partial charge on any atom is -0.394 e. The van der Waals surface area contributed by atoms with Crippen molar-refractivity contribution >= 4 is 16.7 Å². The van der Waals surface area contributed by atoms with Crippen LogP contribution in [0, 0.1) is 0 Å². The van der Waals surface area contributed by atoms with E-state index in [1.807, 2.05) is 6.07 Å². The number of aliphatic hydroxyl groups is 3. The summed E-state index contributed by atoms with van der Waals surface area (Å²) in [5, 5.41) is 29.9. The van der Waals surface area contributed by atoms with Crippen LogP contribution >= 0.6 is 0 Å². The highest BCUT2D eigenvalue weighted by Crippen LogP contribution is 2.32. The third-order valence-corrected chi connectivity index (χ3v) is 3.89. The van der Waals surface area contributed by atoms with Gasteiger partial charge in [-0.2, -0.15) is 0 Å². The molecule has 110 valence electrons. The lowest BCUT2D eigenvalue weighted by Crippen LogP contribution is -2.33. The van der Waals surface area contributed by atoms with Crippen molar-refractivity contribution in [2.45, 2.75) is 24.5 Å². The maximum absolute atomic E-state index is 10.1. The van der Waals surface area contributed by atoms with Crippen molar-refractivity contribution in [2.75, 3.05) is 6.61 Å². The highest BCUT2D eigenvalue weighted by Gasteiger charge is 2.43. The van der Waals surface area contributed by atoms with Gasteiger partial charge in [0.2, 0.25) is 0 Å². The van der Waals surface area contributed by atoms with Gasteiger partial charge in [-0.3, -0.25) is 4.40 Å². The smallest absolute Gasteiger partial charge is 0.164 e. The Bertz CT molecular complexity index is 798. The van der Waals surface area contributed by atoms with Crippen molar-refractivity contribution in [1.82, 2.24) is 18.9 Å². The Morgan fingerprint density at radius 1 is 1.14 bits per heavy atom. The van der Waals surface area contributed by atoms with Crippen molar-refractivity contribution in [3.05, 3.63) is 31.0 Å². The molecule has 8 heteroatoms. The first-order valence-corrected chi connectivity index (χ1v) is 6.61. The monoisotopic (exact) mass is 290 g/mol.